The van der Waals surface area contributed by atoms with Crippen LogP contribution in [0.3, 0.4) is 0 Å². The molecule has 1 aromatic carbocycles. The highest BCUT2D eigenvalue weighted by Gasteiger charge is 2.10. The van der Waals surface area contributed by atoms with Crippen molar-refractivity contribution in [3.8, 4) is 0 Å². The van der Waals surface area contributed by atoms with Crippen LogP contribution in [0.15, 0.2) is 24.3 Å². The number of unbranched alkanes of at least 4 members (excludes halogenated alkanes) is 3. The fourth-order valence-electron chi connectivity index (χ4n) is 2.21. The molecule has 0 saturated carbocycles. The summed E-state index contributed by atoms with van der Waals surface area (Å²) in [6.07, 6.45) is 6.62. The number of aryl methyl sites for hydroxylation is 1. The highest BCUT2D eigenvalue weighted by molar-refractivity contribution is 5.28. The Labute approximate surface area is 100 Å². The average Bonchev–Trinajstić information content (AvgIpc) is 2.31. The lowest BCUT2D eigenvalue weighted by Gasteiger charge is -2.18. The molecule has 0 aromatic heterocycles. The molecule has 0 bridgehead atoms. The fraction of sp³-hybridized carbons (Fsp3) is 0.600. The molecule has 0 heterocycles. The third-order valence-corrected chi connectivity index (χ3v) is 3.26. The van der Waals surface area contributed by atoms with Gasteiger partial charge in [-0.1, -0.05) is 56.9 Å². The molecule has 0 amide bonds. The summed E-state index contributed by atoms with van der Waals surface area (Å²) in [4.78, 5) is 0. The van der Waals surface area contributed by atoms with E-state index in [0.717, 1.165) is 0 Å². The van der Waals surface area contributed by atoms with Crippen LogP contribution in [0.4, 0.5) is 0 Å². The van der Waals surface area contributed by atoms with Crippen molar-refractivity contribution in [2.24, 2.45) is 0 Å². The lowest BCUT2D eigenvalue weighted by molar-refractivity contribution is 0.503. The summed E-state index contributed by atoms with van der Waals surface area (Å²) < 4.78 is 0. The quantitative estimate of drug-likeness (QED) is 0.677. The molecule has 0 spiro atoms. The van der Waals surface area contributed by atoms with Crippen LogP contribution in [0.25, 0.3) is 0 Å². The number of hydrogen-bond acceptors (Lipinski definition) is 1. The van der Waals surface area contributed by atoms with Crippen molar-refractivity contribution in [1.29, 1.82) is 0 Å². The van der Waals surface area contributed by atoms with E-state index in [4.69, 9.17) is 0 Å². The van der Waals surface area contributed by atoms with E-state index in [1.165, 1.54) is 43.2 Å². The lowest BCUT2D eigenvalue weighted by Crippen LogP contribution is -2.17. The van der Waals surface area contributed by atoms with Crippen molar-refractivity contribution in [2.45, 2.75) is 52.0 Å². The van der Waals surface area contributed by atoms with E-state index in [-0.39, 0.29) is 0 Å². The molecule has 1 N–H and O–H groups in total. The van der Waals surface area contributed by atoms with E-state index in [1.54, 1.807) is 0 Å². The van der Waals surface area contributed by atoms with E-state index in [2.05, 4.69) is 50.5 Å². The molecule has 1 atom stereocenters. The third-order valence-electron chi connectivity index (χ3n) is 3.26. The van der Waals surface area contributed by atoms with Crippen molar-refractivity contribution in [2.75, 3.05) is 7.05 Å². The van der Waals surface area contributed by atoms with Gasteiger partial charge in [0.1, 0.15) is 0 Å². The standard InChI is InChI=1S/C15H25N/c1-4-5-6-7-12-15(16-3)14-11-9-8-10-13(14)2/h8-11,15-16H,4-7,12H2,1-3H3. The summed E-state index contributed by atoms with van der Waals surface area (Å²) in [7, 11) is 2.07. The van der Waals surface area contributed by atoms with E-state index < -0.39 is 0 Å². The van der Waals surface area contributed by atoms with Gasteiger partial charge in [-0.2, -0.15) is 0 Å². The molecule has 90 valence electrons. The van der Waals surface area contributed by atoms with Crippen LogP contribution in [0, 0.1) is 6.92 Å². The molecule has 0 aliphatic carbocycles. The average molecular weight is 219 g/mol. The van der Waals surface area contributed by atoms with Gasteiger partial charge in [0.15, 0.2) is 0 Å². The molecule has 1 aromatic rings. The highest BCUT2D eigenvalue weighted by Crippen LogP contribution is 2.22. The molecule has 1 nitrogen and oxygen atoms in total. The smallest absolute Gasteiger partial charge is 0.0320 e. The SMILES string of the molecule is CCCCCCC(NC)c1ccccc1C. The molecule has 1 rings (SSSR count). The molecule has 16 heavy (non-hydrogen) atoms. The summed E-state index contributed by atoms with van der Waals surface area (Å²) in [6, 6.07) is 9.22. The number of benzene rings is 1. The zero-order valence-electron chi connectivity index (χ0n) is 10.9. The van der Waals surface area contributed by atoms with Gasteiger partial charge in [0, 0.05) is 6.04 Å². The first-order chi connectivity index (χ1) is 7.79. The maximum absolute atomic E-state index is 3.44. The van der Waals surface area contributed by atoms with Gasteiger partial charge in [0.25, 0.3) is 0 Å². The van der Waals surface area contributed by atoms with E-state index in [1.807, 2.05) is 0 Å². The fourth-order valence-corrected chi connectivity index (χ4v) is 2.21. The van der Waals surface area contributed by atoms with E-state index >= 15 is 0 Å². The Morgan fingerprint density at radius 3 is 2.50 bits per heavy atom. The first-order valence-electron chi connectivity index (χ1n) is 6.52. The van der Waals surface area contributed by atoms with Gasteiger partial charge in [0.05, 0.1) is 0 Å². The second-order valence-corrected chi connectivity index (χ2v) is 4.55. The van der Waals surface area contributed by atoms with Gasteiger partial charge < -0.3 is 5.32 Å². The van der Waals surface area contributed by atoms with Crippen molar-refractivity contribution in [3.05, 3.63) is 35.4 Å². The zero-order chi connectivity index (χ0) is 11.8. The van der Waals surface area contributed by atoms with Crippen molar-refractivity contribution in [3.63, 3.8) is 0 Å². The Kier molecular flexibility index (Phi) is 6.17. The minimum atomic E-state index is 0.526. The predicted molar refractivity (Wildman–Crippen MR) is 71.7 cm³/mol. The Hall–Kier alpha value is -0.820. The maximum atomic E-state index is 3.44. The Bertz CT molecular complexity index is 293. The van der Waals surface area contributed by atoms with Crippen LogP contribution < -0.4 is 5.32 Å². The van der Waals surface area contributed by atoms with Gasteiger partial charge in [0.2, 0.25) is 0 Å². The van der Waals surface area contributed by atoms with Crippen LogP contribution in [0.2, 0.25) is 0 Å². The van der Waals surface area contributed by atoms with Gasteiger partial charge in [-0.05, 0) is 31.5 Å². The summed E-state index contributed by atoms with van der Waals surface area (Å²) in [5.74, 6) is 0. The minimum Gasteiger partial charge on any atom is -0.313 e. The normalized spacial score (nSPS) is 12.7. The molecule has 0 saturated heterocycles. The van der Waals surface area contributed by atoms with Crippen LogP contribution in [-0.2, 0) is 0 Å². The Morgan fingerprint density at radius 2 is 1.88 bits per heavy atom. The molecule has 1 heteroatoms. The second kappa shape index (κ2) is 7.45. The van der Waals surface area contributed by atoms with Crippen molar-refractivity contribution in [1.82, 2.24) is 5.32 Å². The van der Waals surface area contributed by atoms with Crippen LogP contribution in [-0.4, -0.2) is 7.05 Å². The van der Waals surface area contributed by atoms with Gasteiger partial charge in [-0.15, -0.1) is 0 Å². The number of rotatable bonds is 7. The highest BCUT2D eigenvalue weighted by atomic mass is 14.9. The summed E-state index contributed by atoms with van der Waals surface area (Å²) >= 11 is 0. The molecule has 0 aliphatic rings. The van der Waals surface area contributed by atoms with Gasteiger partial charge in [-0.3, -0.25) is 0 Å². The van der Waals surface area contributed by atoms with Crippen molar-refractivity contribution >= 4 is 0 Å². The summed E-state index contributed by atoms with van der Waals surface area (Å²) in [5, 5.41) is 3.44. The largest absolute Gasteiger partial charge is 0.313 e. The monoisotopic (exact) mass is 219 g/mol. The lowest BCUT2D eigenvalue weighted by atomic mass is 9.96. The topological polar surface area (TPSA) is 12.0 Å². The van der Waals surface area contributed by atoms with Gasteiger partial charge >= 0.3 is 0 Å². The molecule has 1 unspecified atom stereocenters. The van der Waals surface area contributed by atoms with Crippen molar-refractivity contribution < 1.29 is 0 Å². The first kappa shape index (κ1) is 13.2. The maximum Gasteiger partial charge on any atom is 0.0320 e. The second-order valence-electron chi connectivity index (χ2n) is 4.55. The number of hydrogen-bond donors (Lipinski definition) is 1. The predicted octanol–water partition coefficient (Wildman–Crippen LogP) is 4.23. The minimum absolute atomic E-state index is 0.526. The first-order valence-corrected chi connectivity index (χ1v) is 6.52. The zero-order valence-corrected chi connectivity index (χ0v) is 10.9. The van der Waals surface area contributed by atoms with Gasteiger partial charge in [-0.25, -0.2) is 0 Å². The van der Waals surface area contributed by atoms with E-state index in [9.17, 15) is 0 Å². The molecule has 0 fully saturated rings. The molecular formula is C15H25N. The Morgan fingerprint density at radius 1 is 1.12 bits per heavy atom. The van der Waals surface area contributed by atoms with Crippen LogP contribution in [0.1, 0.15) is 56.2 Å². The molecule has 0 radical (unpaired) electrons. The third kappa shape index (κ3) is 3.97. The summed E-state index contributed by atoms with van der Waals surface area (Å²) in [5.41, 5.74) is 2.86. The number of nitrogens with one attached hydrogen (secondary N) is 1. The molecular weight excluding hydrogens is 194 g/mol. The van der Waals surface area contributed by atoms with Crippen LogP contribution >= 0.6 is 0 Å². The summed E-state index contributed by atoms with van der Waals surface area (Å²) in [6.45, 7) is 4.46. The molecule has 0 aliphatic heterocycles. The Balaban J connectivity index is 2.51. The van der Waals surface area contributed by atoms with Crippen LogP contribution in [0.5, 0.6) is 0 Å². The van der Waals surface area contributed by atoms with E-state index in [0.29, 0.717) is 6.04 Å².